The predicted molar refractivity (Wildman–Crippen MR) is 42.0 cm³/mol. The van der Waals surface area contributed by atoms with Crippen molar-refractivity contribution < 1.29 is 9.90 Å². The van der Waals surface area contributed by atoms with E-state index in [-0.39, 0.29) is 11.8 Å². The van der Waals surface area contributed by atoms with E-state index in [1.807, 2.05) is 0 Å². The lowest BCUT2D eigenvalue weighted by Crippen LogP contribution is -2.37. The molecule has 1 aliphatic carbocycles. The van der Waals surface area contributed by atoms with E-state index < -0.39 is 6.10 Å². The molecule has 3 nitrogen and oxygen atoms in total. The monoisotopic (exact) mass is 157 g/mol. The van der Waals surface area contributed by atoms with E-state index >= 15 is 0 Å². The SMILES string of the molecule is CNC(=O)C1CCCCC1O. The molecule has 1 saturated carbocycles. The van der Waals surface area contributed by atoms with E-state index in [1.165, 1.54) is 0 Å². The molecular formula is C8H15NO2. The zero-order valence-corrected chi connectivity index (χ0v) is 6.84. The van der Waals surface area contributed by atoms with Gasteiger partial charge < -0.3 is 10.4 Å². The normalized spacial score (nSPS) is 31.5. The molecule has 0 radical (unpaired) electrons. The highest BCUT2D eigenvalue weighted by atomic mass is 16.3. The molecule has 0 aliphatic heterocycles. The van der Waals surface area contributed by atoms with Gasteiger partial charge >= 0.3 is 0 Å². The summed E-state index contributed by atoms with van der Waals surface area (Å²) in [6, 6.07) is 0. The molecule has 1 amide bonds. The van der Waals surface area contributed by atoms with Crippen LogP contribution in [0.4, 0.5) is 0 Å². The highest BCUT2D eigenvalue weighted by Gasteiger charge is 2.28. The molecule has 11 heavy (non-hydrogen) atoms. The number of carbonyl (C=O) groups is 1. The van der Waals surface area contributed by atoms with Crippen LogP contribution in [0.1, 0.15) is 25.7 Å². The van der Waals surface area contributed by atoms with Crippen molar-refractivity contribution in [3.63, 3.8) is 0 Å². The molecule has 1 rings (SSSR count). The summed E-state index contributed by atoms with van der Waals surface area (Å²) < 4.78 is 0. The number of hydrogen-bond donors (Lipinski definition) is 2. The number of rotatable bonds is 1. The number of carbonyl (C=O) groups excluding carboxylic acids is 1. The molecule has 64 valence electrons. The maximum atomic E-state index is 11.1. The Balaban J connectivity index is 2.47. The van der Waals surface area contributed by atoms with Gasteiger partial charge in [-0.3, -0.25) is 4.79 Å². The van der Waals surface area contributed by atoms with Gasteiger partial charge in [0.25, 0.3) is 0 Å². The first-order valence-corrected chi connectivity index (χ1v) is 4.15. The summed E-state index contributed by atoms with van der Waals surface area (Å²) >= 11 is 0. The fourth-order valence-corrected chi connectivity index (χ4v) is 1.60. The van der Waals surface area contributed by atoms with E-state index in [1.54, 1.807) is 7.05 Å². The van der Waals surface area contributed by atoms with Gasteiger partial charge in [-0.05, 0) is 12.8 Å². The molecule has 0 aromatic carbocycles. The van der Waals surface area contributed by atoms with E-state index in [0.29, 0.717) is 0 Å². The fraction of sp³-hybridized carbons (Fsp3) is 0.875. The average molecular weight is 157 g/mol. The molecule has 2 N–H and O–H groups in total. The molecule has 0 spiro atoms. The van der Waals surface area contributed by atoms with Gasteiger partial charge in [-0.25, -0.2) is 0 Å². The van der Waals surface area contributed by atoms with Gasteiger partial charge in [0.2, 0.25) is 5.91 Å². The van der Waals surface area contributed by atoms with Gasteiger partial charge in [0.05, 0.1) is 12.0 Å². The van der Waals surface area contributed by atoms with Gasteiger partial charge in [-0.1, -0.05) is 12.8 Å². The van der Waals surface area contributed by atoms with Gasteiger partial charge in [0.1, 0.15) is 0 Å². The minimum Gasteiger partial charge on any atom is -0.392 e. The predicted octanol–water partition coefficient (Wildman–Crippen LogP) is 0.283. The summed E-state index contributed by atoms with van der Waals surface area (Å²) in [5, 5.41) is 12.0. The van der Waals surface area contributed by atoms with Crippen molar-refractivity contribution in [2.75, 3.05) is 7.05 Å². The first-order chi connectivity index (χ1) is 5.25. The molecular weight excluding hydrogens is 142 g/mol. The van der Waals surface area contributed by atoms with E-state index in [9.17, 15) is 9.90 Å². The molecule has 0 bridgehead atoms. The fourth-order valence-electron chi connectivity index (χ4n) is 1.60. The summed E-state index contributed by atoms with van der Waals surface area (Å²) in [6.07, 6.45) is 3.31. The van der Waals surface area contributed by atoms with Crippen LogP contribution in [-0.2, 0) is 4.79 Å². The zero-order valence-electron chi connectivity index (χ0n) is 6.84. The van der Waals surface area contributed by atoms with Gasteiger partial charge in [-0.15, -0.1) is 0 Å². The van der Waals surface area contributed by atoms with Gasteiger partial charge in [0, 0.05) is 7.05 Å². The third-order valence-corrected chi connectivity index (χ3v) is 2.31. The lowest BCUT2D eigenvalue weighted by Gasteiger charge is -2.25. The van der Waals surface area contributed by atoms with Crippen molar-refractivity contribution in [2.24, 2.45) is 5.92 Å². The lowest BCUT2D eigenvalue weighted by atomic mass is 9.86. The number of aliphatic hydroxyl groups is 1. The molecule has 1 aliphatic rings. The molecule has 0 aromatic heterocycles. The van der Waals surface area contributed by atoms with Crippen molar-refractivity contribution in [3.8, 4) is 0 Å². The standard InChI is InChI=1S/C8H15NO2/c1-9-8(11)6-4-2-3-5-7(6)10/h6-7,10H,2-5H2,1H3,(H,9,11). The summed E-state index contributed by atoms with van der Waals surface area (Å²) in [5.74, 6) is -0.175. The Morgan fingerprint density at radius 2 is 2.09 bits per heavy atom. The van der Waals surface area contributed by atoms with Crippen LogP contribution in [-0.4, -0.2) is 24.2 Å². The van der Waals surface area contributed by atoms with Crippen LogP contribution in [0.5, 0.6) is 0 Å². The Morgan fingerprint density at radius 3 is 2.64 bits per heavy atom. The zero-order chi connectivity index (χ0) is 8.27. The number of aliphatic hydroxyl groups excluding tert-OH is 1. The minimum absolute atomic E-state index is 0.0165. The molecule has 2 unspecified atom stereocenters. The first kappa shape index (κ1) is 8.53. The summed E-state index contributed by atoms with van der Waals surface area (Å²) in [6.45, 7) is 0. The third-order valence-electron chi connectivity index (χ3n) is 2.31. The van der Waals surface area contributed by atoms with Crippen LogP contribution < -0.4 is 5.32 Å². The van der Waals surface area contributed by atoms with E-state index in [0.717, 1.165) is 25.7 Å². The van der Waals surface area contributed by atoms with Crippen molar-refractivity contribution in [2.45, 2.75) is 31.8 Å². The number of nitrogens with one attached hydrogen (secondary N) is 1. The second-order valence-electron chi connectivity index (χ2n) is 3.07. The topological polar surface area (TPSA) is 49.3 Å². The van der Waals surface area contributed by atoms with Crippen LogP contribution in [0.2, 0.25) is 0 Å². The van der Waals surface area contributed by atoms with E-state index in [2.05, 4.69) is 5.32 Å². The molecule has 3 heteroatoms. The smallest absolute Gasteiger partial charge is 0.225 e. The third kappa shape index (κ3) is 1.93. The summed E-state index contributed by atoms with van der Waals surface area (Å²) in [4.78, 5) is 11.1. The Labute approximate surface area is 66.8 Å². The molecule has 2 atom stereocenters. The quantitative estimate of drug-likeness (QED) is 0.574. The highest BCUT2D eigenvalue weighted by Crippen LogP contribution is 2.23. The van der Waals surface area contributed by atoms with Crippen molar-refractivity contribution in [3.05, 3.63) is 0 Å². The van der Waals surface area contributed by atoms with Crippen molar-refractivity contribution in [1.29, 1.82) is 0 Å². The van der Waals surface area contributed by atoms with Crippen LogP contribution >= 0.6 is 0 Å². The Hall–Kier alpha value is -0.570. The lowest BCUT2D eigenvalue weighted by molar-refractivity contribution is -0.129. The number of hydrogen-bond acceptors (Lipinski definition) is 2. The van der Waals surface area contributed by atoms with Crippen molar-refractivity contribution in [1.82, 2.24) is 5.32 Å². The van der Waals surface area contributed by atoms with Crippen LogP contribution in [0.15, 0.2) is 0 Å². The van der Waals surface area contributed by atoms with Crippen LogP contribution in [0.25, 0.3) is 0 Å². The maximum absolute atomic E-state index is 11.1. The summed E-state index contributed by atoms with van der Waals surface area (Å²) in [5.41, 5.74) is 0. The molecule has 0 aromatic rings. The second kappa shape index (κ2) is 3.72. The largest absolute Gasteiger partial charge is 0.392 e. The molecule has 0 heterocycles. The Bertz CT molecular complexity index is 147. The average Bonchev–Trinajstić information content (AvgIpc) is 2.04. The first-order valence-electron chi connectivity index (χ1n) is 4.15. The number of amides is 1. The maximum Gasteiger partial charge on any atom is 0.225 e. The highest BCUT2D eigenvalue weighted by molar-refractivity contribution is 5.78. The van der Waals surface area contributed by atoms with E-state index in [4.69, 9.17) is 0 Å². The minimum atomic E-state index is -0.413. The Kier molecular flexibility index (Phi) is 2.88. The second-order valence-corrected chi connectivity index (χ2v) is 3.07. The van der Waals surface area contributed by atoms with Gasteiger partial charge in [-0.2, -0.15) is 0 Å². The van der Waals surface area contributed by atoms with Gasteiger partial charge in [0.15, 0.2) is 0 Å². The van der Waals surface area contributed by atoms with Crippen LogP contribution in [0.3, 0.4) is 0 Å². The molecule has 0 saturated heterocycles. The van der Waals surface area contributed by atoms with Crippen LogP contribution in [0, 0.1) is 5.92 Å². The Morgan fingerprint density at radius 1 is 1.45 bits per heavy atom. The summed E-state index contributed by atoms with van der Waals surface area (Å²) in [7, 11) is 1.61. The molecule has 1 fully saturated rings. The van der Waals surface area contributed by atoms with Crippen molar-refractivity contribution >= 4 is 5.91 Å².